The predicted octanol–water partition coefficient (Wildman–Crippen LogP) is 1.17. The maximum atomic E-state index is 5.45. The zero-order valence-corrected chi connectivity index (χ0v) is 17.5. The molecule has 3 fully saturated rings. The van der Waals surface area contributed by atoms with Crippen molar-refractivity contribution in [3.05, 3.63) is 11.6 Å². The molecule has 0 bridgehead atoms. The summed E-state index contributed by atoms with van der Waals surface area (Å²) in [7, 11) is 2.01. The first-order chi connectivity index (χ1) is 13.7. The van der Waals surface area contributed by atoms with Crippen molar-refractivity contribution in [1.82, 2.24) is 29.9 Å². The molecule has 28 heavy (non-hydrogen) atoms. The zero-order chi connectivity index (χ0) is 19.4. The van der Waals surface area contributed by atoms with Gasteiger partial charge in [-0.1, -0.05) is 12.8 Å². The molecule has 8 heteroatoms. The number of hydrogen-bond acceptors (Lipinski definition) is 5. The fraction of sp³-hybridized carbons (Fsp3) is 0.850. The second-order valence-corrected chi connectivity index (χ2v) is 8.62. The molecule has 0 radical (unpaired) electrons. The molecular weight excluding hydrogens is 354 g/mol. The van der Waals surface area contributed by atoms with E-state index in [-0.39, 0.29) is 0 Å². The van der Waals surface area contributed by atoms with Crippen molar-refractivity contribution in [2.24, 2.45) is 17.5 Å². The summed E-state index contributed by atoms with van der Waals surface area (Å²) in [6, 6.07) is 0. The quantitative estimate of drug-likeness (QED) is 0.602. The lowest BCUT2D eigenvalue weighted by molar-refractivity contribution is 0.0388. The number of nitrogens with one attached hydrogen (secondary N) is 1. The van der Waals surface area contributed by atoms with E-state index in [0.717, 1.165) is 70.1 Å². The van der Waals surface area contributed by atoms with Crippen LogP contribution in [0.2, 0.25) is 0 Å². The van der Waals surface area contributed by atoms with Gasteiger partial charge in [-0.15, -0.1) is 10.2 Å². The second-order valence-electron chi connectivity index (χ2n) is 8.62. The van der Waals surface area contributed by atoms with Crippen molar-refractivity contribution in [1.29, 1.82) is 0 Å². The first-order valence-corrected chi connectivity index (χ1v) is 10.8. The zero-order valence-electron chi connectivity index (χ0n) is 17.5. The predicted molar refractivity (Wildman–Crippen MR) is 109 cm³/mol. The molecular formula is C20H35N7O. The van der Waals surface area contributed by atoms with Crippen LogP contribution in [0.4, 0.5) is 0 Å². The van der Waals surface area contributed by atoms with Gasteiger partial charge in [0.15, 0.2) is 11.8 Å². The molecule has 8 nitrogen and oxygen atoms in total. The van der Waals surface area contributed by atoms with E-state index in [1.807, 2.05) is 18.5 Å². The lowest BCUT2D eigenvalue weighted by atomic mass is 9.86. The Hall–Kier alpha value is -1.67. The molecule has 0 atom stereocenters. The van der Waals surface area contributed by atoms with Crippen molar-refractivity contribution in [3.8, 4) is 0 Å². The Morgan fingerprint density at radius 2 is 1.93 bits per heavy atom. The average molecular weight is 390 g/mol. The highest BCUT2D eigenvalue weighted by Crippen LogP contribution is 2.45. The van der Waals surface area contributed by atoms with Gasteiger partial charge in [-0.25, -0.2) is 4.99 Å². The van der Waals surface area contributed by atoms with Crippen LogP contribution in [0.1, 0.15) is 43.8 Å². The van der Waals surface area contributed by atoms with Gasteiger partial charge in [0.2, 0.25) is 0 Å². The molecule has 3 heterocycles. The normalized spacial score (nSPS) is 23.1. The summed E-state index contributed by atoms with van der Waals surface area (Å²) >= 11 is 0. The summed E-state index contributed by atoms with van der Waals surface area (Å²) in [5.41, 5.74) is 0.536. The highest BCUT2D eigenvalue weighted by atomic mass is 16.5. The maximum absolute atomic E-state index is 5.45. The molecule has 1 saturated carbocycles. The number of aryl methyl sites for hydroxylation is 1. The monoisotopic (exact) mass is 389 g/mol. The molecule has 2 saturated heterocycles. The fourth-order valence-electron chi connectivity index (χ4n) is 4.80. The molecule has 1 aromatic heterocycles. The van der Waals surface area contributed by atoms with Crippen molar-refractivity contribution < 1.29 is 4.74 Å². The Balaban J connectivity index is 1.39. The molecule has 1 N–H and O–H groups in total. The number of ether oxygens (including phenoxy) is 1. The van der Waals surface area contributed by atoms with E-state index < -0.39 is 0 Å². The molecule has 1 aromatic rings. The van der Waals surface area contributed by atoms with Crippen LogP contribution in [-0.2, 0) is 18.3 Å². The van der Waals surface area contributed by atoms with Crippen LogP contribution in [0.3, 0.4) is 0 Å². The van der Waals surface area contributed by atoms with Gasteiger partial charge >= 0.3 is 0 Å². The van der Waals surface area contributed by atoms with Crippen LogP contribution in [0.5, 0.6) is 0 Å². The van der Waals surface area contributed by atoms with Gasteiger partial charge in [0.1, 0.15) is 12.4 Å². The number of likely N-dealkylation sites (tertiary alicyclic amines) is 1. The third-order valence-electron chi connectivity index (χ3n) is 6.77. The summed E-state index contributed by atoms with van der Waals surface area (Å²) in [5, 5.41) is 12.1. The van der Waals surface area contributed by atoms with Crippen LogP contribution in [-0.4, -0.2) is 83.0 Å². The Morgan fingerprint density at radius 3 is 2.64 bits per heavy atom. The van der Waals surface area contributed by atoms with E-state index in [1.54, 1.807) is 0 Å². The van der Waals surface area contributed by atoms with Crippen molar-refractivity contribution in [2.45, 2.75) is 45.6 Å². The number of aliphatic imine (C=N–C) groups is 1. The summed E-state index contributed by atoms with van der Waals surface area (Å²) in [6.45, 7) is 10.5. The molecule has 0 unspecified atom stereocenters. The van der Waals surface area contributed by atoms with E-state index >= 15 is 0 Å². The van der Waals surface area contributed by atoms with Crippen LogP contribution >= 0.6 is 0 Å². The number of rotatable bonds is 5. The first kappa shape index (κ1) is 19.6. The van der Waals surface area contributed by atoms with Crippen LogP contribution in [0, 0.1) is 12.3 Å². The number of morpholine rings is 1. The Bertz CT molecular complexity index is 674. The Morgan fingerprint density at radius 1 is 1.14 bits per heavy atom. The van der Waals surface area contributed by atoms with Gasteiger partial charge in [0.05, 0.1) is 13.2 Å². The first-order valence-electron chi connectivity index (χ1n) is 10.8. The molecule has 4 rings (SSSR count). The number of hydrogen-bond donors (Lipinski definition) is 1. The number of guanidine groups is 1. The molecule has 2 aliphatic heterocycles. The minimum Gasteiger partial charge on any atom is -0.379 e. The summed E-state index contributed by atoms with van der Waals surface area (Å²) in [4.78, 5) is 9.89. The Kier molecular flexibility index (Phi) is 6.16. The van der Waals surface area contributed by atoms with E-state index in [1.165, 1.54) is 32.1 Å². The van der Waals surface area contributed by atoms with E-state index in [2.05, 4.69) is 25.3 Å². The molecule has 156 valence electrons. The van der Waals surface area contributed by atoms with Gasteiger partial charge < -0.3 is 19.5 Å². The molecule has 1 spiro atoms. The smallest absolute Gasteiger partial charge is 0.194 e. The van der Waals surface area contributed by atoms with Gasteiger partial charge in [0, 0.05) is 46.3 Å². The summed E-state index contributed by atoms with van der Waals surface area (Å²) in [6.07, 6.45) is 6.85. The van der Waals surface area contributed by atoms with E-state index in [4.69, 9.17) is 9.73 Å². The highest BCUT2D eigenvalue weighted by Gasteiger charge is 2.41. The standard InChI is InChI=1S/C20H35N7O/c1-17-23-24-18(25(17)2)15-22-19(21-8-10-26-11-13-28-14-12-26)27-9-7-20(16-27)5-3-4-6-20/h3-16H2,1-2H3,(H,21,22). The number of aromatic nitrogens is 3. The van der Waals surface area contributed by atoms with E-state index in [9.17, 15) is 0 Å². The van der Waals surface area contributed by atoms with Gasteiger partial charge in [0.25, 0.3) is 0 Å². The lowest BCUT2D eigenvalue weighted by Gasteiger charge is -2.29. The molecule has 0 aromatic carbocycles. The SMILES string of the molecule is Cc1nnc(CN=C(NCCN2CCOCC2)N2CCC3(CCCC3)C2)n1C. The van der Waals surface area contributed by atoms with Gasteiger partial charge in [-0.05, 0) is 31.6 Å². The molecule has 3 aliphatic rings. The van der Waals surface area contributed by atoms with Gasteiger partial charge in [-0.3, -0.25) is 4.90 Å². The average Bonchev–Trinajstić information content (AvgIpc) is 3.43. The molecule has 1 aliphatic carbocycles. The summed E-state index contributed by atoms with van der Waals surface area (Å²) in [5.74, 6) is 2.88. The fourth-order valence-corrected chi connectivity index (χ4v) is 4.80. The summed E-state index contributed by atoms with van der Waals surface area (Å²) < 4.78 is 7.48. The minimum atomic E-state index is 0.536. The largest absolute Gasteiger partial charge is 0.379 e. The topological polar surface area (TPSA) is 70.8 Å². The van der Waals surface area contributed by atoms with Crippen LogP contribution in [0.15, 0.2) is 4.99 Å². The second kappa shape index (κ2) is 8.78. The van der Waals surface area contributed by atoms with Crippen molar-refractivity contribution in [2.75, 3.05) is 52.5 Å². The maximum Gasteiger partial charge on any atom is 0.194 e. The third kappa shape index (κ3) is 4.49. The van der Waals surface area contributed by atoms with Crippen LogP contribution in [0.25, 0.3) is 0 Å². The van der Waals surface area contributed by atoms with Crippen molar-refractivity contribution in [3.63, 3.8) is 0 Å². The third-order valence-corrected chi connectivity index (χ3v) is 6.77. The lowest BCUT2D eigenvalue weighted by Crippen LogP contribution is -2.46. The van der Waals surface area contributed by atoms with Gasteiger partial charge in [-0.2, -0.15) is 0 Å². The number of nitrogens with zero attached hydrogens (tertiary/aromatic N) is 6. The highest BCUT2D eigenvalue weighted by molar-refractivity contribution is 5.80. The van der Waals surface area contributed by atoms with E-state index in [0.29, 0.717) is 12.0 Å². The minimum absolute atomic E-state index is 0.536. The van der Waals surface area contributed by atoms with Crippen LogP contribution < -0.4 is 5.32 Å². The Labute approximate surface area is 168 Å². The van der Waals surface area contributed by atoms with Crippen molar-refractivity contribution >= 4 is 5.96 Å². The molecule has 0 amide bonds.